The Kier molecular flexibility index (Phi) is 3.55. The number of phenols is 1. The first kappa shape index (κ1) is 12.5. The van der Waals surface area contributed by atoms with Crippen molar-refractivity contribution in [1.29, 1.82) is 0 Å². The highest BCUT2D eigenvalue weighted by Gasteiger charge is 2.21. The second-order valence-electron chi connectivity index (χ2n) is 4.52. The Morgan fingerprint density at radius 1 is 1.44 bits per heavy atom. The number of benzene rings is 1. The number of hydrogen-bond donors (Lipinski definition) is 3. The van der Waals surface area contributed by atoms with E-state index in [0.29, 0.717) is 0 Å². The summed E-state index contributed by atoms with van der Waals surface area (Å²) in [6, 6.07) is 4.84. The minimum Gasteiger partial charge on any atom is -0.507 e. The quantitative estimate of drug-likeness (QED) is 0.721. The molecular formula is C12H17NO3. The van der Waals surface area contributed by atoms with Gasteiger partial charge in [-0.25, -0.2) is 0 Å². The molecule has 0 aliphatic rings. The molecule has 0 saturated heterocycles. The third kappa shape index (κ3) is 2.97. The van der Waals surface area contributed by atoms with Crippen molar-refractivity contribution in [3.05, 3.63) is 29.3 Å². The maximum Gasteiger partial charge on any atom is 0.255 e. The number of carbonyl (C=O) groups excluding carboxylic acids is 1. The summed E-state index contributed by atoms with van der Waals surface area (Å²) in [7, 11) is 0. The number of aryl methyl sites for hydroxylation is 1. The Labute approximate surface area is 94.9 Å². The minimum atomic E-state index is -0.700. The number of nitrogens with one attached hydrogen (secondary N) is 1. The molecule has 1 aromatic rings. The van der Waals surface area contributed by atoms with Gasteiger partial charge in [-0.2, -0.15) is 0 Å². The van der Waals surface area contributed by atoms with E-state index < -0.39 is 11.4 Å². The lowest BCUT2D eigenvalue weighted by molar-refractivity contribution is 0.0866. The van der Waals surface area contributed by atoms with Crippen LogP contribution in [-0.2, 0) is 0 Å². The van der Waals surface area contributed by atoms with E-state index in [9.17, 15) is 9.90 Å². The van der Waals surface area contributed by atoms with Crippen LogP contribution in [0.15, 0.2) is 18.2 Å². The number of aromatic hydroxyl groups is 1. The van der Waals surface area contributed by atoms with Crippen LogP contribution in [0.5, 0.6) is 5.75 Å². The summed E-state index contributed by atoms with van der Waals surface area (Å²) in [5.74, 6) is -0.442. The maximum atomic E-state index is 11.8. The molecule has 0 fully saturated rings. The van der Waals surface area contributed by atoms with Crippen molar-refractivity contribution in [1.82, 2.24) is 5.32 Å². The van der Waals surface area contributed by atoms with Crippen LogP contribution in [-0.4, -0.2) is 28.3 Å². The van der Waals surface area contributed by atoms with Crippen molar-refractivity contribution in [3.63, 3.8) is 0 Å². The molecule has 4 nitrogen and oxygen atoms in total. The van der Waals surface area contributed by atoms with Crippen molar-refractivity contribution in [2.75, 3.05) is 6.61 Å². The number of phenolic OH excluding ortho intramolecular Hbond substituents is 1. The molecule has 3 N–H and O–H groups in total. The fourth-order valence-corrected chi connectivity index (χ4v) is 1.25. The molecular weight excluding hydrogens is 206 g/mol. The predicted molar refractivity (Wildman–Crippen MR) is 61.5 cm³/mol. The Hall–Kier alpha value is -1.55. The number of aliphatic hydroxyl groups excluding tert-OH is 1. The van der Waals surface area contributed by atoms with Crippen molar-refractivity contribution in [2.45, 2.75) is 26.3 Å². The summed E-state index contributed by atoms with van der Waals surface area (Å²) in [5, 5.41) is 21.3. The van der Waals surface area contributed by atoms with Crippen LogP contribution in [0, 0.1) is 6.92 Å². The molecule has 1 aromatic carbocycles. The summed E-state index contributed by atoms with van der Waals surface area (Å²) in [5.41, 5.74) is 0.400. The second-order valence-corrected chi connectivity index (χ2v) is 4.52. The lowest BCUT2D eigenvalue weighted by atomic mass is 10.1. The fourth-order valence-electron chi connectivity index (χ4n) is 1.25. The molecule has 0 unspecified atom stereocenters. The van der Waals surface area contributed by atoms with Crippen LogP contribution < -0.4 is 5.32 Å². The highest BCUT2D eigenvalue weighted by Crippen LogP contribution is 2.19. The van der Waals surface area contributed by atoms with Gasteiger partial charge < -0.3 is 15.5 Å². The van der Waals surface area contributed by atoms with Gasteiger partial charge in [0, 0.05) is 0 Å². The molecule has 0 aliphatic carbocycles. The first-order valence-corrected chi connectivity index (χ1v) is 5.09. The summed E-state index contributed by atoms with van der Waals surface area (Å²) < 4.78 is 0. The maximum absolute atomic E-state index is 11.8. The molecule has 0 aromatic heterocycles. The lowest BCUT2D eigenvalue weighted by Crippen LogP contribution is -2.46. The monoisotopic (exact) mass is 223 g/mol. The van der Waals surface area contributed by atoms with E-state index in [1.807, 2.05) is 6.92 Å². The largest absolute Gasteiger partial charge is 0.507 e. The Morgan fingerprint density at radius 3 is 2.56 bits per heavy atom. The Morgan fingerprint density at radius 2 is 2.06 bits per heavy atom. The SMILES string of the molecule is Cc1ccc(C(=O)NC(C)(C)CO)c(O)c1. The first-order valence-electron chi connectivity index (χ1n) is 5.09. The molecule has 0 bridgehead atoms. The molecule has 0 radical (unpaired) electrons. The van der Waals surface area contributed by atoms with Crippen LogP contribution in [0.4, 0.5) is 0 Å². The van der Waals surface area contributed by atoms with Crippen molar-refractivity contribution in [2.24, 2.45) is 0 Å². The summed E-state index contributed by atoms with van der Waals surface area (Å²) in [6.07, 6.45) is 0. The van der Waals surface area contributed by atoms with Crippen LogP contribution in [0.3, 0.4) is 0 Å². The second kappa shape index (κ2) is 4.53. The highest BCUT2D eigenvalue weighted by molar-refractivity contribution is 5.97. The molecule has 0 spiro atoms. The average molecular weight is 223 g/mol. The van der Waals surface area contributed by atoms with E-state index in [0.717, 1.165) is 5.56 Å². The Bertz CT molecular complexity index is 399. The van der Waals surface area contributed by atoms with Gasteiger partial charge in [0.1, 0.15) is 5.75 Å². The van der Waals surface area contributed by atoms with E-state index in [1.54, 1.807) is 26.0 Å². The molecule has 88 valence electrons. The molecule has 1 amide bonds. The number of hydrogen-bond acceptors (Lipinski definition) is 3. The summed E-state index contributed by atoms with van der Waals surface area (Å²) >= 11 is 0. The van der Waals surface area contributed by atoms with Crippen molar-refractivity contribution >= 4 is 5.91 Å². The van der Waals surface area contributed by atoms with Gasteiger partial charge >= 0.3 is 0 Å². The lowest BCUT2D eigenvalue weighted by Gasteiger charge is -2.23. The summed E-state index contributed by atoms with van der Waals surface area (Å²) in [6.45, 7) is 5.08. The van der Waals surface area contributed by atoms with Crippen LogP contribution in [0.1, 0.15) is 29.8 Å². The average Bonchev–Trinajstić information content (AvgIpc) is 2.16. The molecule has 0 heterocycles. The molecule has 0 saturated carbocycles. The van der Waals surface area contributed by atoms with E-state index in [4.69, 9.17) is 5.11 Å². The van der Waals surface area contributed by atoms with E-state index >= 15 is 0 Å². The normalized spacial score (nSPS) is 11.2. The van der Waals surface area contributed by atoms with Gasteiger partial charge in [-0.05, 0) is 38.5 Å². The van der Waals surface area contributed by atoms with Crippen molar-refractivity contribution < 1.29 is 15.0 Å². The minimum absolute atomic E-state index is 0.0498. The van der Waals surface area contributed by atoms with E-state index in [2.05, 4.69) is 5.32 Å². The molecule has 16 heavy (non-hydrogen) atoms. The van der Waals surface area contributed by atoms with Crippen LogP contribution in [0.2, 0.25) is 0 Å². The zero-order valence-corrected chi connectivity index (χ0v) is 9.74. The van der Waals surface area contributed by atoms with Crippen molar-refractivity contribution in [3.8, 4) is 5.75 Å². The van der Waals surface area contributed by atoms with E-state index in [-0.39, 0.29) is 17.9 Å². The van der Waals surface area contributed by atoms with Crippen LogP contribution in [0.25, 0.3) is 0 Å². The van der Waals surface area contributed by atoms with Gasteiger partial charge in [0.15, 0.2) is 0 Å². The number of amides is 1. The van der Waals surface area contributed by atoms with E-state index in [1.165, 1.54) is 6.07 Å². The number of aliphatic hydroxyl groups is 1. The number of carbonyl (C=O) groups is 1. The first-order chi connectivity index (χ1) is 7.35. The highest BCUT2D eigenvalue weighted by atomic mass is 16.3. The fraction of sp³-hybridized carbons (Fsp3) is 0.417. The molecule has 4 heteroatoms. The third-order valence-electron chi connectivity index (χ3n) is 2.25. The van der Waals surface area contributed by atoms with Gasteiger partial charge in [0.2, 0.25) is 0 Å². The van der Waals surface area contributed by atoms with Crippen LogP contribution >= 0.6 is 0 Å². The zero-order valence-electron chi connectivity index (χ0n) is 9.74. The third-order valence-corrected chi connectivity index (χ3v) is 2.25. The Balaban J connectivity index is 2.89. The van der Waals surface area contributed by atoms with Gasteiger partial charge in [-0.15, -0.1) is 0 Å². The predicted octanol–water partition coefficient (Wildman–Crippen LogP) is 1.20. The molecule has 0 atom stereocenters. The molecule has 0 aliphatic heterocycles. The van der Waals surface area contributed by atoms with Gasteiger partial charge in [0.05, 0.1) is 17.7 Å². The number of rotatable bonds is 3. The molecule has 1 rings (SSSR count). The van der Waals surface area contributed by atoms with Gasteiger partial charge in [0.25, 0.3) is 5.91 Å². The zero-order chi connectivity index (χ0) is 12.3. The standard InChI is InChI=1S/C12H17NO3/c1-8-4-5-9(10(15)6-8)11(16)13-12(2,3)7-14/h4-6,14-15H,7H2,1-3H3,(H,13,16). The van der Waals surface area contributed by atoms with Gasteiger partial charge in [-0.3, -0.25) is 4.79 Å². The summed E-state index contributed by atoms with van der Waals surface area (Å²) in [4.78, 5) is 11.8. The smallest absolute Gasteiger partial charge is 0.255 e. The topological polar surface area (TPSA) is 69.6 Å². The van der Waals surface area contributed by atoms with Gasteiger partial charge in [-0.1, -0.05) is 6.07 Å².